The first-order valence-corrected chi connectivity index (χ1v) is 9.22. The van der Waals surface area contributed by atoms with Crippen LogP contribution in [0.3, 0.4) is 0 Å². The number of hydrogen-bond acceptors (Lipinski definition) is 6. The zero-order valence-electron chi connectivity index (χ0n) is 12.9. The van der Waals surface area contributed by atoms with Crippen LogP contribution in [0.15, 0.2) is 53.4 Å². The first kappa shape index (κ1) is 16.7. The van der Waals surface area contributed by atoms with Crippen LogP contribution in [-0.2, 0) is 10.0 Å². The lowest BCUT2D eigenvalue weighted by molar-refractivity contribution is 0.402. The molecule has 1 aliphatic rings. The third-order valence-corrected chi connectivity index (χ3v) is 5.12. The Morgan fingerprint density at radius 2 is 1.88 bits per heavy atom. The molecule has 1 heterocycles. The van der Waals surface area contributed by atoms with Crippen LogP contribution in [0.4, 0.5) is 5.69 Å². The Morgan fingerprint density at radius 1 is 1.17 bits per heavy atom. The predicted molar refractivity (Wildman–Crippen MR) is 94.9 cm³/mol. The highest BCUT2D eigenvalue weighted by Gasteiger charge is 2.27. The van der Waals surface area contributed by atoms with Gasteiger partial charge in [0.2, 0.25) is 10.0 Å². The van der Waals surface area contributed by atoms with E-state index in [1.54, 1.807) is 24.3 Å². The Hall–Kier alpha value is -2.16. The van der Waals surface area contributed by atoms with Crippen molar-refractivity contribution >= 4 is 33.2 Å². The minimum Gasteiger partial charge on any atom is -0.417 e. The molecular formula is C16H16N2O4S2. The second-order valence-electron chi connectivity index (χ2n) is 5.06. The van der Waals surface area contributed by atoms with Gasteiger partial charge in [-0.05, 0) is 31.2 Å². The van der Waals surface area contributed by atoms with Gasteiger partial charge in [0.05, 0.1) is 12.4 Å². The molecule has 0 saturated heterocycles. The van der Waals surface area contributed by atoms with Crippen molar-refractivity contribution in [3.8, 4) is 11.5 Å². The van der Waals surface area contributed by atoms with Gasteiger partial charge < -0.3 is 14.4 Å². The van der Waals surface area contributed by atoms with Crippen LogP contribution in [0.1, 0.15) is 6.92 Å². The molecular weight excluding hydrogens is 348 g/mol. The summed E-state index contributed by atoms with van der Waals surface area (Å²) in [4.78, 5) is 2.08. The van der Waals surface area contributed by atoms with Gasteiger partial charge in [0.25, 0.3) is 0 Å². The Balaban J connectivity index is 1.82. The molecule has 6 nitrogen and oxygen atoms in total. The van der Waals surface area contributed by atoms with Gasteiger partial charge in [-0.25, -0.2) is 8.42 Å². The van der Waals surface area contributed by atoms with Crippen molar-refractivity contribution in [1.82, 2.24) is 4.72 Å². The fraction of sp³-hybridized carbons (Fsp3) is 0.188. The van der Waals surface area contributed by atoms with Crippen molar-refractivity contribution in [2.45, 2.75) is 11.8 Å². The van der Waals surface area contributed by atoms with E-state index in [1.807, 2.05) is 30.0 Å². The summed E-state index contributed by atoms with van der Waals surface area (Å²) >= 11 is 5.06. The molecule has 0 amide bonds. The van der Waals surface area contributed by atoms with Crippen molar-refractivity contribution in [3.05, 3.63) is 48.5 Å². The molecule has 3 rings (SSSR count). The lowest BCUT2D eigenvalue weighted by Crippen LogP contribution is -2.42. The van der Waals surface area contributed by atoms with Gasteiger partial charge in [0.15, 0.2) is 0 Å². The summed E-state index contributed by atoms with van der Waals surface area (Å²) in [5.41, 5.74) is 0.637. The first-order valence-electron chi connectivity index (χ1n) is 7.33. The molecule has 24 heavy (non-hydrogen) atoms. The summed E-state index contributed by atoms with van der Waals surface area (Å²) in [6.07, 6.45) is 0. The zero-order valence-corrected chi connectivity index (χ0v) is 14.6. The summed E-state index contributed by atoms with van der Waals surface area (Å²) in [6.45, 7) is 2.89. The van der Waals surface area contributed by atoms with Gasteiger partial charge in [0, 0.05) is 24.8 Å². The number of nitrogens with one attached hydrogen (secondary N) is 1. The van der Waals surface area contributed by atoms with E-state index in [2.05, 4.69) is 4.72 Å². The number of rotatable bonds is 3. The molecule has 1 N–H and O–H groups in total. The van der Waals surface area contributed by atoms with E-state index in [0.717, 1.165) is 0 Å². The number of fused-ring (bicyclic) bond motifs is 1. The minimum absolute atomic E-state index is 0.102. The number of benzene rings is 2. The molecule has 0 radical (unpaired) electrons. The Labute approximate surface area is 146 Å². The van der Waals surface area contributed by atoms with Crippen LogP contribution >= 0.6 is 12.2 Å². The van der Waals surface area contributed by atoms with E-state index in [4.69, 9.17) is 21.7 Å². The Kier molecular flexibility index (Phi) is 4.70. The van der Waals surface area contributed by atoms with E-state index in [9.17, 15) is 8.42 Å². The van der Waals surface area contributed by atoms with Gasteiger partial charge in [-0.15, -0.1) is 0 Å². The van der Waals surface area contributed by atoms with Crippen molar-refractivity contribution in [2.75, 3.05) is 18.1 Å². The molecule has 2 aromatic rings. The molecule has 0 atom stereocenters. The number of thiocarbonyl (C=S) groups is 1. The highest BCUT2D eigenvalue weighted by Crippen LogP contribution is 2.32. The summed E-state index contributed by atoms with van der Waals surface area (Å²) in [5, 5.41) is -0.102. The monoisotopic (exact) mass is 364 g/mol. The van der Waals surface area contributed by atoms with Crippen LogP contribution in [0.25, 0.3) is 0 Å². The van der Waals surface area contributed by atoms with Gasteiger partial charge in [-0.1, -0.05) is 18.2 Å². The molecule has 1 aliphatic heterocycles. The van der Waals surface area contributed by atoms with E-state index in [1.165, 1.54) is 6.07 Å². The largest absolute Gasteiger partial charge is 0.417 e. The molecule has 0 aliphatic carbocycles. The first-order chi connectivity index (χ1) is 11.5. The number of ether oxygens (including phenoxy) is 2. The summed E-state index contributed by atoms with van der Waals surface area (Å²) < 4.78 is 37.8. The van der Waals surface area contributed by atoms with Crippen LogP contribution in [0.2, 0.25) is 0 Å². The van der Waals surface area contributed by atoms with Crippen LogP contribution in [-0.4, -0.2) is 26.9 Å². The van der Waals surface area contributed by atoms with Crippen molar-refractivity contribution < 1.29 is 17.9 Å². The highest BCUT2D eigenvalue weighted by molar-refractivity contribution is 7.89. The Morgan fingerprint density at radius 3 is 2.58 bits per heavy atom. The van der Waals surface area contributed by atoms with E-state index < -0.39 is 10.0 Å². The third kappa shape index (κ3) is 3.50. The highest BCUT2D eigenvalue weighted by atomic mass is 32.2. The average Bonchev–Trinajstić information content (AvgIpc) is 2.56. The number of anilines is 1. The SMILES string of the molecule is CCN1CNS(=O)(=O)c2cc(OC(=S)Oc3ccccc3)ccc21. The fourth-order valence-corrected chi connectivity index (χ4v) is 3.76. The number of sulfonamides is 1. The summed E-state index contributed by atoms with van der Waals surface area (Å²) in [6, 6.07) is 13.8. The van der Waals surface area contributed by atoms with Crippen molar-refractivity contribution in [3.63, 3.8) is 0 Å². The third-order valence-electron chi connectivity index (χ3n) is 3.53. The number of hydrogen-bond donors (Lipinski definition) is 1. The van der Waals surface area contributed by atoms with Gasteiger partial charge >= 0.3 is 5.24 Å². The second-order valence-corrected chi connectivity index (χ2v) is 7.13. The number of nitrogens with zero attached hydrogens (tertiary/aromatic N) is 1. The second kappa shape index (κ2) is 6.76. The smallest absolute Gasteiger partial charge is 0.363 e. The predicted octanol–water partition coefficient (Wildman–Crippen LogP) is 2.51. The summed E-state index contributed by atoms with van der Waals surface area (Å²) in [7, 11) is -3.56. The number of para-hydroxylation sites is 1. The molecule has 0 fully saturated rings. The van der Waals surface area contributed by atoms with E-state index in [0.29, 0.717) is 23.7 Å². The molecule has 0 aromatic heterocycles. The Bertz CT molecular complexity index is 854. The quantitative estimate of drug-likeness (QED) is 0.844. The van der Waals surface area contributed by atoms with Gasteiger partial charge in [-0.2, -0.15) is 4.72 Å². The summed E-state index contributed by atoms with van der Waals surface area (Å²) in [5.74, 6) is 0.852. The molecule has 0 saturated carbocycles. The molecule has 0 unspecified atom stereocenters. The topological polar surface area (TPSA) is 67.9 Å². The standard InChI is InChI=1S/C16H16N2O4S2/c1-2-18-11-17-24(19,20)15-10-13(8-9-14(15)18)22-16(23)21-12-6-4-3-5-7-12/h3-10,17H,2,11H2,1H3. The average molecular weight is 364 g/mol. The maximum atomic E-state index is 12.2. The molecule has 126 valence electrons. The maximum Gasteiger partial charge on any atom is 0.363 e. The van der Waals surface area contributed by atoms with E-state index in [-0.39, 0.29) is 16.8 Å². The van der Waals surface area contributed by atoms with Gasteiger partial charge in [0.1, 0.15) is 16.4 Å². The van der Waals surface area contributed by atoms with Gasteiger partial charge in [-0.3, -0.25) is 0 Å². The fourth-order valence-electron chi connectivity index (χ4n) is 2.34. The normalized spacial score (nSPS) is 15.5. The van der Waals surface area contributed by atoms with Crippen LogP contribution in [0.5, 0.6) is 11.5 Å². The molecule has 2 aromatic carbocycles. The van der Waals surface area contributed by atoms with Crippen LogP contribution < -0.4 is 19.1 Å². The molecule has 0 spiro atoms. The van der Waals surface area contributed by atoms with Crippen LogP contribution in [0, 0.1) is 0 Å². The van der Waals surface area contributed by atoms with E-state index >= 15 is 0 Å². The maximum absolute atomic E-state index is 12.2. The van der Waals surface area contributed by atoms with Crippen molar-refractivity contribution in [1.29, 1.82) is 0 Å². The lowest BCUT2D eigenvalue weighted by atomic mass is 10.2. The molecule has 0 bridgehead atoms. The van der Waals surface area contributed by atoms with Crippen molar-refractivity contribution in [2.24, 2.45) is 0 Å². The molecule has 8 heteroatoms. The zero-order chi connectivity index (χ0) is 17.2. The minimum atomic E-state index is -3.56. The lowest BCUT2D eigenvalue weighted by Gasteiger charge is -2.30.